The quantitative estimate of drug-likeness (QED) is 0.589. The number of methoxy groups -OCH3 is 1. The van der Waals surface area contributed by atoms with Crippen LogP contribution in [-0.4, -0.2) is 66.1 Å². The number of nitrogens with two attached hydrogens (primary N) is 1. The van der Waals surface area contributed by atoms with E-state index in [0.717, 1.165) is 54.8 Å². The zero-order valence-electron chi connectivity index (χ0n) is 23.5. The number of likely N-dealkylation sites (N-methyl/N-ethyl adjacent to an activating group) is 1. The molecule has 6 unspecified atom stereocenters. The maximum atomic E-state index is 12.6. The molecule has 202 valence electrons. The summed E-state index contributed by atoms with van der Waals surface area (Å²) >= 11 is 0. The fourth-order valence-corrected chi connectivity index (χ4v) is 10.5. The van der Waals surface area contributed by atoms with Crippen LogP contribution >= 0.6 is 0 Å². The van der Waals surface area contributed by atoms with Gasteiger partial charge < -0.3 is 24.8 Å². The van der Waals surface area contributed by atoms with Gasteiger partial charge in [-0.3, -0.25) is 4.79 Å². The second-order valence-corrected chi connectivity index (χ2v) is 15.1. The summed E-state index contributed by atoms with van der Waals surface area (Å²) in [5.74, 6) is 1.07. The number of carbonyl (C=O) groups is 1. The zero-order valence-corrected chi connectivity index (χ0v) is 23.5. The monoisotopic (exact) mass is 509 g/mol. The van der Waals surface area contributed by atoms with Crippen LogP contribution in [0.2, 0.25) is 0 Å². The summed E-state index contributed by atoms with van der Waals surface area (Å²) in [5, 5.41) is 12.3. The van der Waals surface area contributed by atoms with Gasteiger partial charge in [0.25, 0.3) is 5.91 Å². The zero-order chi connectivity index (χ0) is 26.4. The Morgan fingerprint density at radius 3 is 2.57 bits per heavy atom. The number of ether oxygens (including phenoxy) is 2. The first kappa shape index (κ1) is 24.4. The molecule has 1 aromatic rings. The van der Waals surface area contributed by atoms with Crippen molar-refractivity contribution in [3.63, 3.8) is 0 Å². The van der Waals surface area contributed by atoms with E-state index in [1.165, 1.54) is 30.5 Å². The minimum Gasteiger partial charge on any atom is -0.485 e. The van der Waals surface area contributed by atoms with Crippen molar-refractivity contribution >= 4 is 5.91 Å². The third-order valence-electron chi connectivity index (χ3n) is 12.9. The number of aliphatic hydroxyl groups is 1. The van der Waals surface area contributed by atoms with Crippen molar-refractivity contribution in [1.82, 2.24) is 0 Å². The van der Waals surface area contributed by atoms with Crippen molar-refractivity contribution < 1.29 is 23.9 Å². The van der Waals surface area contributed by atoms with Gasteiger partial charge in [-0.25, -0.2) is 0 Å². The molecule has 3 N–H and O–H groups in total. The summed E-state index contributed by atoms with van der Waals surface area (Å²) in [6.07, 6.45) is 7.44. The Morgan fingerprint density at radius 1 is 1.22 bits per heavy atom. The molecule has 7 aliphatic rings. The minimum atomic E-state index is -0.947. The van der Waals surface area contributed by atoms with Gasteiger partial charge in [-0.2, -0.15) is 0 Å². The van der Waals surface area contributed by atoms with E-state index in [2.05, 4.69) is 33.9 Å². The van der Waals surface area contributed by atoms with E-state index < -0.39 is 17.1 Å². The van der Waals surface area contributed by atoms with E-state index in [1.807, 2.05) is 20.1 Å². The number of likely N-dealkylation sites (tertiary alicyclic amines) is 1. The molecule has 6 heteroatoms. The second-order valence-electron chi connectivity index (χ2n) is 15.1. The second kappa shape index (κ2) is 6.92. The molecule has 8 atom stereocenters. The van der Waals surface area contributed by atoms with Gasteiger partial charge in [0.1, 0.15) is 17.5 Å². The molecule has 5 fully saturated rings. The number of fused-ring (bicyclic) bond motifs is 2. The predicted molar refractivity (Wildman–Crippen MR) is 141 cm³/mol. The van der Waals surface area contributed by atoms with E-state index in [-0.39, 0.29) is 28.3 Å². The van der Waals surface area contributed by atoms with Crippen LogP contribution in [0.3, 0.4) is 0 Å². The maximum absolute atomic E-state index is 12.6. The number of hydrogen-bond donors (Lipinski definition) is 2. The van der Waals surface area contributed by atoms with E-state index in [4.69, 9.17) is 15.2 Å². The Morgan fingerprint density at radius 2 is 1.95 bits per heavy atom. The van der Waals surface area contributed by atoms with Crippen molar-refractivity contribution in [3.8, 4) is 5.75 Å². The Labute approximate surface area is 221 Å². The molecule has 2 spiro atoms. The minimum absolute atomic E-state index is 0.00569. The smallest absolute Gasteiger partial charge is 0.252 e. The molecule has 5 aliphatic carbocycles. The first-order chi connectivity index (χ1) is 17.3. The van der Waals surface area contributed by atoms with Gasteiger partial charge in [-0.05, 0) is 56.1 Å². The highest BCUT2D eigenvalue weighted by Crippen LogP contribution is 2.78. The van der Waals surface area contributed by atoms with Crippen LogP contribution in [0.4, 0.5) is 0 Å². The normalized spacial score (nSPS) is 44.7. The Balaban J connectivity index is 1.51. The number of nitrogens with zero attached hydrogens (tertiary/aromatic N) is 1. The van der Waals surface area contributed by atoms with Crippen molar-refractivity contribution in [2.24, 2.45) is 28.4 Å². The SMILES string of the molecule is COC12CCC3(CC1C(C)(O)C(C)(C)C)C1Cc4ccc(C(N)=O)c5c4C3(CC[N@@+]1(C)CC1CC1)[C@@H]2O5. The highest BCUT2D eigenvalue weighted by Gasteiger charge is 2.84. The maximum Gasteiger partial charge on any atom is 0.252 e. The number of rotatable bonds is 5. The van der Waals surface area contributed by atoms with Crippen molar-refractivity contribution in [2.75, 3.05) is 27.2 Å². The summed E-state index contributed by atoms with van der Waals surface area (Å²) in [5.41, 5.74) is 6.92. The molecule has 0 aromatic heterocycles. The lowest BCUT2D eigenvalue weighted by Crippen LogP contribution is -2.85. The molecule has 1 saturated heterocycles. The lowest BCUT2D eigenvalue weighted by molar-refractivity contribution is -0.952. The number of quaternary nitrogens is 1. The first-order valence-corrected chi connectivity index (χ1v) is 14.5. The molecular formula is C31H45N2O4+. The highest BCUT2D eigenvalue weighted by atomic mass is 16.6. The summed E-state index contributed by atoms with van der Waals surface area (Å²) in [7, 11) is 4.34. The Bertz CT molecular complexity index is 1200. The summed E-state index contributed by atoms with van der Waals surface area (Å²) < 4.78 is 14.8. The van der Waals surface area contributed by atoms with Crippen LogP contribution in [0, 0.1) is 22.7 Å². The van der Waals surface area contributed by atoms with Gasteiger partial charge in [-0.1, -0.05) is 26.8 Å². The number of carbonyl (C=O) groups excluding carboxylic acids is 1. The van der Waals surface area contributed by atoms with Crippen molar-refractivity contribution in [3.05, 3.63) is 28.8 Å². The molecular weight excluding hydrogens is 464 g/mol. The number of benzene rings is 1. The van der Waals surface area contributed by atoms with E-state index in [1.54, 1.807) is 0 Å². The average Bonchev–Trinajstić information content (AvgIpc) is 3.56. The summed E-state index contributed by atoms with van der Waals surface area (Å²) in [4.78, 5) is 12.6. The van der Waals surface area contributed by atoms with Gasteiger partial charge in [0.05, 0.1) is 42.8 Å². The number of amides is 1. The van der Waals surface area contributed by atoms with Crippen molar-refractivity contribution in [1.29, 1.82) is 0 Å². The molecule has 0 radical (unpaired) electrons. The molecule has 4 saturated carbocycles. The number of hydrogen-bond acceptors (Lipinski definition) is 4. The molecule has 37 heavy (non-hydrogen) atoms. The molecule has 1 aromatic carbocycles. The van der Waals surface area contributed by atoms with Crippen LogP contribution in [0.5, 0.6) is 5.75 Å². The van der Waals surface area contributed by atoms with Gasteiger partial charge in [0, 0.05) is 42.8 Å². The van der Waals surface area contributed by atoms with E-state index >= 15 is 0 Å². The predicted octanol–water partition coefficient (Wildman–Crippen LogP) is 3.95. The first-order valence-electron chi connectivity index (χ1n) is 14.5. The van der Waals surface area contributed by atoms with Crippen LogP contribution in [0.1, 0.15) is 87.7 Å². The molecule has 2 aliphatic heterocycles. The molecule has 4 bridgehead atoms. The third-order valence-corrected chi connectivity index (χ3v) is 12.9. The largest absolute Gasteiger partial charge is 0.485 e. The lowest BCUT2D eigenvalue weighted by atomic mass is 9.33. The molecule has 8 rings (SSSR count). The number of primary amides is 1. The third kappa shape index (κ3) is 2.61. The van der Waals surface area contributed by atoms with Gasteiger partial charge in [-0.15, -0.1) is 0 Å². The lowest BCUT2D eigenvalue weighted by Gasteiger charge is -2.75. The summed E-state index contributed by atoms with van der Waals surface area (Å²) in [6, 6.07) is 4.54. The van der Waals surface area contributed by atoms with Crippen LogP contribution in [0.25, 0.3) is 0 Å². The topological polar surface area (TPSA) is 81.8 Å². The van der Waals surface area contributed by atoms with Crippen LogP contribution < -0.4 is 10.5 Å². The van der Waals surface area contributed by atoms with E-state index in [0.29, 0.717) is 11.6 Å². The fourth-order valence-electron chi connectivity index (χ4n) is 10.5. The van der Waals surface area contributed by atoms with Crippen molar-refractivity contribution in [2.45, 2.75) is 101 Å². The van der Waals surface area contributed by atoms with Gasteiger partial charge in [0.2, 0.25) is 0 Å². The van der Waals surface area contributed by atoms with Gasteiger partial charge >= 0.3 is 0 Å². The molecule has 6 nitrogen and oxygen atoms in total. The fraction of sp³-hybridized carbons (Fsp3) is 0.774. The average molecular weight is 510 g/mol. The molecule has 2 heterocycles. The molecule has 1 amide bonds. The summed E-state index contributed by atoms with van der Waals surface area (Å²) in [6.45, 7) is 10.9. The Hall–Kier alpha value is -1.63. The van der Waals surface area contributed by atoms with Crippen LogP contribution in [0.15, 0.2) is 12.1 Å². The van der Waals surface area contributed by atoms with E-state index in [9.17, 15) is 9.90 Å². The van der Waals surface area contributed by atoms with Gasteiger partial charge in [0.15, 0.2) is 0 Å². The highest BCUT2D eigenvalue weighted by molar-refractivity contribution is 5.97. The van der Waals surface area contributed by atoms with Crippen LogP contribution in [-0.2, 0) is 16.6 Å². The standard InChI is InChI=1S/C31H44N2O4/c1-27(2,3)28(4,35)21-16-29-11-12-31(21,36-6)26-30(29)13-14-33(5,17-18-7-8-18)22(29)15-19-9-10-20(25(32)34)24(37-26)23(19)30/h9-10,18,21-22,26,35H,7-8,11-17H2,1-6H3,(H-,32,34)/p+1/t21?,22?,26-,28?,29?,30?,31?,33-/m0/s1. The number of piperidine rings is 1. The Kier molecular flexibility index (Phi) is 4.57.